The number of benzene rings is 1. The van der Waals surface area contributed by atoms with Crippen molar-refractivity contribution in [2.45, 2.75) is 26.2 Å². The van der Waals surface area contributed by atoms with Crippen molar-refractivity contribution in [2.24, 2.45) is 0 Å². The van der Waals surface area contributed by atoms with Gasteiger partial charge in [0, 0.05) is 11.5 Å². The Morgan fingerprint density at radius 1 is 1.30 bits per heavy atom. The van der Waals surface area contributed by atoms with Crippen LogP contribution >= 0.6 is 35.3 Å². The number of hydrogen-bond donors (Lipinski definition) is 1. The number of fused-ring (bicyclic) bond motifs is 3. The highest BCUT2D eigenvalue weighted by atomic mass is 32.1. The van der Waals surface area contributed by atoms with Gasteiger partial charge in [0.1, 0.15) is 5.75 Å². The minimum atomic E-state index is 0.780. The maximum atomic E-state index is 6.00. The number of ether oxygens (including phenoxy) is 1. The zero-order chi connectivity index (χ0) is 13.9. The quantitative estimate of drug-likeness (QED) is 0.491. The molecule has 0 radical (unpaired) electrons. The molecule has 1 aromatic carbocycles. The van der Waals surface area contributed by atoms with Crippen molar-refractivity contribution in [3.05, 3.63) is 22.5 Å². The molecule has 2 aromatic heterocycles. The van der Waals surface area contributed by atoms with E-state index in [1.165, 1.54) is 21.2 Å². The highest BCUT2D eigenvalue weighted by Crippen LogP contribution is 2.38. The fraction of sp³-hybridized carbons (Fsp3) is 0.400. The first-order valence-corrected chi connectivity index (χ1v) is 9.13. The van der Waals surface area contributed by atoms with Crippen LogP contribution in [0.15, 0.2) is 17.5 Å². The number of nitrogens with zero attached hydrogens (tertiary/aromatic N) is 1. The molecule has 0 amide bonds. The maximum absolute atomic E-state index is 6.00. The summed E-state index contributed by atoms with van der Waals surface area (Å²) in [6.45, 7) is 2.84. The second-order valence-electron chi connectivity index (χ2n) is 4.75. The van der Waals surface area contributed by atoms with E-state index in [0.29, 0.717) is 0 Å². The monoisotopic (exact) mass is 323 g/mol. The van der Waals surface area contributed by atoms with Gasteiger partial charge in [-0.2, -0.15) is 12.6 Å². The van der Waals surface area contributed by atoms with E-state index in [9.17, 15) is 0 Å². The van der Waals surface area contributed by atoms with Gasteiger partial charge in [-0.3, -0.25) is 0 Å². The summed E-state index contributed by atoms with van der Waals surface area (Å²) in [4.78, 5) is 4.64. The van der Waals surface area contributed by atoms with E-state index in [-0.39, 0.29) is 0 Å². The average Bonchev–Trinajstić information content (AvgIpc) is 3.03. The molecular weight excluding hydrogens is 306 g/mol. The van der Waals surface area contributed by atoms with E-state index in [4.69, 9.17) is 4.74 Å². The van der Waals surface area contributed by atoms with E-state index in [1.807, 2.05) is 0 Å². The normalized spacial score (nSPS) is 11.5. The number of aryl methyl sites for hydroxylation is 1. The van der Waals surface area contributed by atoms with Crippen LogP contribution in [0.25, 0.3) is 20.3 Å². The Morgan fingerprint density at radius 3 is 3.05 bits per heavy atom. The molecule has 0 saturated heterocycles. The number of unbranched alkanes of at least 4 members (excludes halogenated alkanes) is 2. The second-order valence-corrected chi connectivity index (χ2v) is 7.35. The third-order valence-electron chi connectivity index (χ3n) is 3.23. The number of aromatic nitrogens is 1. The van der Waals surface area contributed by atoms with Crippen LogP contribution in [0.3, 0.4) is 0 Å². The number of thiophene rings is 1. The van der Waals surface area contributed by atoms with Gasteiger partial charge in [-0.1, -0.05) is 0 Å². The number of thiazole rings is 1. The molecule has 0 aliphatic carbocycles. The molecule has 20 heavy (non-hydrogen) atoms. The molecule has 0 atom stereocenters. The van der Waals surface area contributed by atoms with Crippen LogP contribution < -0.4 is 4.74 Å². The van der Waals surface area contributed by atoms with E-state index < -0.39 is 0 Å². The maximum Gasteiger partial charge on any atom is 0.129 e. The Morgan fingerprint density at radius 2 is 2.20 bits per heavy atom. The lowest BCUT2D eigenvalue weighted by molar-refractivity contribution is 0.310. The molecular formula is C15H17NOS3. The van der Waals surface area contributed by atoms with Gasteiger partial charge in [0.05, 0.1) is 26.5 Å². The number of rotatable bonds is 6. The summed E-state index contributed by atoms with van der Waals surface area (Å²) in [5, 5.41) is 4.43. The van der Waals surface area contributed by atoms with E-state index in [2.05, 4.69) is 42.0 Å². The van der Waals surface area contributed by atoms with Crippen LogP contribution in [0.1, 0.15) is 24.3 Å². The summed E-state index contributed by atoms with van der Waals surface area (Å²) in [5.41, 5.74) is 1.12. The summed E-state index contributed by atoms with van der Waals surface area (Å²) in [6, 6.07) is 4.28. The molecule has 0 aliphatic rings. The molecule has 0 fully saturated rings. The Bertz CT molecular complexity index is 716. The van der Waals surface area contributed by atoms with Gasteiger partial charge >= 0.3 is 0 Å². The molecule has 0 saturated carbocycles. The van der Waals surface area contributed by atoms with Gasteiger partial charge in [-0.15, -0.1) is 22.7 Å². The molecule has 106 valence electrons. The van der Waals surface area contributed by atoms with Crippen LogP contribution in [0.4, 0.5) is 0 Å². The zero-order valence-electron chi connectivity index (χ0n) is 11.4. The SMILES string of the molecule is Cc1nc2c(cc(OCCCCCS)c3ccsc32)s1. The lowest BCUT2D eigenvalue weighted by Crippen LogP contribution is -1.97. The molecule has 2 nitrogen and oxygen atoms in total. The van der Waals surface area contributed by atoms with Crippen LogP contribution in [-0.4, -0.2) is 17.3 Å². The summed E-state index contributed by atoms with van der Waals surface area (Å²) in [5.74, 6) is 1.96. The van der Waals surface area contributed by atoms with Gasteiger partial charge in [0.25, 0.3) is 0 Å². The molecule has 0 N–H and O–H groups in total. The highest BCUT2D eigenvalue weighted by molar-refractivity contribution is 7.80. The summed E-state index contributed by atoms with van der Waals surface area (Å²) in [6.07, 6.45) is 3.43. The third-order valence-corrected chi connectivity index (χ3v) is 5.38. The third kappa shape index (κ3) is 2.80. The molecule has 0 unspecified atom stereocenters. The first-order valence-electron chi connectivity index (χ1n) is 6.80. The summed E-state index contributed by atoms with van der Waals surface area (Å²) < 4.78 is 8.47. The smallest absolute Gasteiger partial charge is 0.129 e. The first kappa shape index (κ1) is 14.2. The first-order chi connectivity index (χ1) is 9.79. The predicted molar refractivity (Wildman–Crippen MR) is 92.9 cm³/mol. The van der Waals surface area contributed by atoms with E-state index in [1.54, 1.807) is 22.7 Å². The summed E-state index contributed by atoms with van der Waals surface area (Å²) in [7, 11) is 0. The standard InChI is InChI=1S/C15H17NOS3/c1-10-16-14-13(20-10)9-12(11-5-8-19-15(11)14)17-6-3-2-4-7-18/h5,8-9,18H,2-4,6-7H2,1H3. The molecule has 5 heteroatoms. The predicted octanol–water partition coefficient (Wildman–Crippen LogP) is 5.30. The van der Waals surface area contributed by atoms with Crippen molar-refractivity contribution in [3.63, 3.8) is 0 Å². The Hall–Kier alpha value is -0.780. The van der Waals surface area contributed by atoms with Gasteiger partial charge in [0.2, 0.25) is 0 Å². The number of thiol groups is 1. The van der Waals surface area contributed by atoms with Crippen molar-refractivity contribution in [1.29, 1.82) is 0 Å². The van der Waals surface area contributed by atoms with Crippen molar-refractivity contribution in [2.75, 3.05) is 12.4 Å². The van der Waals surface area contributed by atoms with Crippen molar-refractivity contribution < 1.29 is 4.74 Å². The fourth-order valence-electron chi connectivity index (χ4n) is 2.28. The lowest BCUT2D eigenvalue weighted by atomic mass is 10.2. The van der Waals surface area contributed by atoms with Gasteiger partial charge in [-0.25, -0.2) is 4.98 Å². The summed E-state index contributed by atoms with van der Waals surface area (Å²) >= 11 is 7.71. The molecule has 0 spiro atoms. The minimum absolute atomic E-state index is 0.780. The van der Waals surface area contributed by atoms with Crippen LogP contribution in [0.5, 0.6) is 5.75 Å². The second kappa shape index (κ2) is 6.33. The zero-order valence-corrected chi connectivity index (χ0v) is 13.9. The van der Waals surface area contributed by atoms with Gasteiger partial charge in [-0.05, 0) is 43.4 Å². The average molecular weight is 324 g/mol. The van der Waals surface area contributed by atoms with Crippen molar-refractivity contribution >= 4 is 55.6 Å². The van der Waals surface area contributed by atoms with Gasteiger partial charge < -0.3 is 4.74 Å². The largest absolute Gasteiger partial charge is 0.493 e. The van der Waals surface area contributed by atoms with Gasteiger partial charge in [0.15, 0.2) is 0 Å². The lowest BCUT2D eigenvalue weighted by Gasteiger charge is -2.07. The van der Waals surface area contributed by atoms with Crippen molar-refractivity contribution in [1.82, 2.24) is 4.98 Å². The number of hydrogen-bond acceptors (Lipinski definition) is 5. The Kier molecular flexibility index (Phi) is 4.48. The molecule has 0 bridgehead atoms. The highest BCUT2D eigenvalue weighted by Gasteiger charge is 2.12. The molecule has 3 aromatic rings. The Balaban J connectivity index is 1.86. The minimum Gasteiger partial charge on any atom is -0.493 e. The molecule has 0 aliphatic heterocycles. The molecule has 3 rings (SSSR count). The van der Waals surface area contributed by atoms with E-state index >= 15 is 0 Å². The fourth-order valence-corrected chi connectivity index (χ4v) is 4.34. The van der Waals surface area contributed by atoms with Crippen LogP contribution in [0.2, 0.25) is 0 Å². The van der Waals surface area contributed by atoms with E-state index in [0.717, 1.165) is 41.5 Å². The van der Waals surface area contributed by atoms with Crippen molar-refractivity contribution in [3.8, 4) is 5.75 Å². The van der Waals surface area contributed by atoms with Crippen LogP contribution in [0, 0.1) is 6.92 Å². The van der Waals surface area contributed by atoms with Crippen LogP contribution in [-0.2, 0) is 0 Å². The topological polar surface area (TPSA) is 22.1 Å². The molecule has 2 heterocycles. The Labute approximate surface area is 132 Å².